The summed E-state index contributed by atoms with van der Waals surface area (Å²) in [4.78, 5) is 0. The molecule has 0 radical (unpaired) electrons. The second kappa shape index (κ2) is 5.19. The topological polar surface area (TPSA) is 70.0 Å². The first-order chi connectivity index (χ1) is 7.48. The Morgan fingerprint density at radius 1 is 1.50 bits per heavy atom. The van der Waals surface area contributed by atoms with Gasteiger partial charge in [-0.15, -0.1) is 0 Å². The maximum absolute atomic E-state index is 11.5. The van der Waals surface area contributed by atoms with E-state index in [0.717, 1.165) is 0 Å². The van der Waals surface area contributed by atoms with E-state index in [0.29, 0.717) is 12.0 Å². The molecule has 16 heavy (non-hydrogen) atoms. The maximum Gasteiger partial charge on any atom is 0.232 e. The van der Waals surface area contributed by atoms with Crippen molar-refractivity contribution in [3.8, 4) is 6.07 Å². The highest BCUT2D eigenvalue weighted by atomic mass is 35.5. The average Bonchev–Trinajstić information content (AvgIpc) is 2.21. The molecule has 0 bridgehead atoms. The van der Waals surface area contributed by atoms with E-state index in [1.165, 1.54) is 18.2 Å². The summed E-state index contributed by atoms with van der Waals surface area (Å²) in [6.07, 6.45) is 0.519. The van der Waals surface area contributed by atoms with Crippen molar-refractivity contribution >= 4 is 27.3 Å². The van der Waals surface area contributed by atoms with E-state index in [1.54, 1.807) is 6.92 Å². The van der Waals surface area contributed by atoms with Crippen molar-refractivity contribution in [2.75, 3.05) is 10.5 Å². The van der Waals surface area contributed by atoms with Crippen molar-refractivity contribution in [3.63, 3.8) is 0 Å². The van der Waals surface area contributed by atoms with E-state index < -0.39 is 10.0 Å². The Hall–Kier alpha value is -1.25. The van der Waals surface area contributed by atoms with Crippen molar-refractivity contribution in [1.29, 1.82) is 5.26 Å². The minimum Gasteiger partial charge on any atom is -0.282 e. The number of nitrogens with zero attached hydrogens (tertiary/aromatic N) is 1. The minimum absolute atomic E-state index is 0.0279. The van der Waals surface area contributed by atoms with Crippen molar-refractivity contribution in [2.24, 2.45) is 0 Å². The van der Waals surface area contributed by atoms with Gasteiger partial charge in [-0.2, -0.15) is 5.26 Å². The molecule has 0 aliphatic rings. The lowest BCUT2D eigenvalue weighted by atomic mass is 10.2. The number of sulfonamides is 1. The van der Waals surface area contributed by atoms with Crippen molar-refractivity contribution < 1.29 is 8.42 Å². The SMILES string of the molecule is CCCS(=O)(=O)Nc1cc(C#N)ccc1Cl. The van der Waals surface area contributed by atoms with Crippen LogP contribution in [0.2, 0.25) is 5.02 Å². The molecule has 1 aromatic rings. The third-order valence-electron chi connectivity index (χ3n) is 1.83. The first-order valence-electron chi connectivity index (χ1n) is 4.68. The Morgan fingerprint density at radius 3 is 2.75 bits per heavy atom. The van der Waals surface area contributed by atoms with Gasteiger partial charge in [0, 0.05) is 0 Å². The maximum atomic E-state index is 11.5. The summed E-state index contributed by atoms with van der Waals surface area (Å²) in [5.74, 6) is 0.0279. The monoisotopic (exact) mass is 258 g/mol. The van der Waals surface area contributed by atoms with Crippen LogP contribution in [0.1, 0.15) is 18.9 Å². The predicted molar refractivity (Wildman–Crippen MR) is 63.9 cm³/mol. The van der Waals surface area contributed by atoms with Gasteiger partial charge in [0.15, 0.2) is 0 Å². The number of hydrogen-bond donors (Lipinski definition) is 1. The third-order valence-corrected chi connectivity index (χ3v) is 3.64. The van der Waals surface area contributed by atoms with Gasteiger partial charge < -0.3 is 0 Å². The van der Waals surface area contributed by atoms with E-state index in [4.69, 9.17) is 16.9 Å². The molecule has 1 N–H and O–H groups in total. The normalized spacial score (nSPS) is 10.8. The zero-order valence-electron chi connectivity index (χ0n) is 8.70. The summed E-state index contributed by atoms with van der Waals surface area (Å²) in [7, 11) is -3.38. The lowest BCUT2D eigenvalue weighted by Crippen LogP contribution is -2.16. The summed E-state index contributed by atoms with van der Waals surface area (Å²) in [5, 5.41) is 8.96. The molecule has 0 aliphatic carbocycles. The Bertz CT molecular complexity index is 520. The molecule has 0 fully saturated rings. The Morgan fingerprint density at radius 2 is 2.19 bits per heavy atom. The summed E-state index contributed by atoms with van der Waals surface area (Å²) in [6, 6.07) is 6.35. The van der Waals surface area contributed by atoms with Crippen molar-refractivity contribution in [2.45, 2.75) is 13.3 Å². The summed E-state index contributed by atoms with van der Waals surface area (Å²) in [5.41, 5.74) is 0.604. The molecule has 0 aromatic heterocycles. The molecular weight excluding hydrogens is 248 g/mol. The quantitative estimate of drug-likeness (QED) is 0.901. The number of nitrogens with one attached hydrogen (secondary N) is 1. The highest BCUT2D eigenvalue weighted by Crippen LogP contribution is 2.23. The van der Waals surface area contributed by atoms with E-state index >= 15 is 0 Å². The molecule has 1 rings (SSSR count). The van der Waals surface area contributed by atoms with Crippen LogP contribution in [0.25, 0.3) is 0 Å². The molecule has 0 aliphatic heterocycles. The van der Waals surface area contributed by atoms with Crippen molar-refractivity contribution in [3.05, 3.63) is 28.8 Å². The van der Waals surface area contributed by atoms with Crippen molar-refractivity contribution in [1.82, 2.24) is 0 Å². The molecular formula is C10H11ClN2O2S. The number of nitriles is 1. The number of halogens is 1. The number of benzene rings is 1. The molecule has 0 amide bonds. The predicted octanol–water partition coefficient (Wildman–Crippen LogP) is 2.36. The number of anilines is 1. The highest BCUT2D eigenvalue weighted by molar-refractivity contribution is 7.92. The van der Waals surface area contributed by atoms with Crippen LogP contribution in [0, 0.1) is 11.3 Å². The van der Waals surface area contributed by atoms with E-state index in [9.17, 15) is 8.42 Å². The molecule has 4 nitrogen and oxygen atoms in total. The van der Waals surface area contributed by atoms with Gasteiger partial charge >= 0.3 is 0 Å². The van der Waals surface area contributed by atoms with Crippen LogP contribution in [0.3, 0.4) is 0 Å². The van der Waals surface area contributed by atoms with Gasteiger partial charge in [0.2, 0.25) is 10.0 Å². The zero-order chi connectivity index (χ0) is 12.2. The molecule has 0 atom stereocenters. The van der Waals surface area contributed by atoms with Crippen LogP contribution in [-0.4, -0.2) is 14.2 Å². The van der Waals surface area contributed by atoms with Gasteiger partial charge in [0.25, 0.3) is 0 Å². The lowest BCUT2D eigenvalue weighted by molar-refractivity contribution is 0.600. The molecule has 0 heterocycles. The largest absolute Gasteiger partial charge is 0.282 e. The fraction of sp³-hybridized carbons (Fsp3) is 0.300. The van der Waals surface area contributed by atoms with Gasteiger partial charge in [-0.05, 0) is 24.6 Å². The van der Waals surface area contributed by atoms with E-state index in [1.807, 2.05) is 6.07 Å². The van der Waals surface area contributed by atoms with Gasteiger partial charge in [-0.1, -0.05) is 18.5 Å². The van der Waals surface area contributed by atoms with Crippen LogP contribution >= 0.6 is 11.6 Å². The Labute approximate surface area is 99.9 Å². The van der Waals surface area contributed by atoms with Crippen LogP contribution in [0.5, 0.6) is 0 Å². The minimum atomic E-state index is -3.38. The average molecular weight is 259 g/mol. The second-order valence-electron chi connectivity index (χ2n) is 3.23. The first kappa shape index (κ1) is 12.8. The zero-order valence-corrected chi connectivity index (χ0v) is 10.3. The highest BCUT2D eigenvalue weighted by Gasteiger charge is 2.11. The fourth-order valence-electron chi connectivity index (χ4n) is 1.16. The van der Waals surface area contributed by atoms with Crippen LogP contribution in [-0.2, 0) is 10.0 Å². The Kier molecular flexibility index (Phi) is 4.16. The number of rotatable bonds is 4. The van der Waals surface area contributed by atoms with Gasteiger partial charge in [0.05, 0.1) is 28.1 Å². The summed E-state index contributed by atoms with van der Waals surface area (Å²) >= 11 is 5.82. The third kappa shape index (κ3) is 3.40. The van der Waals surface area contributed by atoms with Gasteiger partial charge in [-0.3, -0.25) is 4.72 Å². The second-order valence-corrected chi connectivity index (χ2v) is 5.48. The Balaban J connectivity index is 3.02. The lowest BCUT2D eigenvalue weighted by Gasteiger charge is -2.08. The van der Waals surface area contributed by atoms with Gasteiger partial charge in [-0.25, -0.2) is 8.42 Å². The van der Waals surface area contributed by atoms with E-state index in [-0.39, 0.29) is 16.5 Å². The molecule has 86 valence electrons. The first-order valence-corrected chi connectivity index (χ1v) is 6.71. The van der Waals surface area contributed by atoms with E-state index in [2.05, 4.69) is 4.72 Å². The van der Waals surface area contributed by atoms with Crippen LogP contribution < -0.4 is 4.72 Å². The number of hydrogen-bond acceptors (Lipinski definition) is 3. The van der Waals surface area contributed by atoms with Crippen LogP contribution in [0.15, 0.2) is 18.2 Å². The molecule has 1 aromatic carbocycles. The molecule has 6 heteroatoms. The fourth-order valence-corrected chi connectivity index (χ4v) is 2.52. The summed E-state index contributed by atoms with van der Waals surface area (Å²) < 4.78 is 25.3. The summed E-state index contributed by atoms with van der Waals surface area (Å²) in [6.45, 7) is 1.77. The smallest absolute Gasteiger partial charge is 0.232 e. The standard InChI is InChI=1S/C10H11ClN2O2S/c1-2-5-16(14,15)13-10-6-8(7-12)3-4-9(10)11/h3-4,6,13H,2,5H2,1H3. The molecule has 0 saturated heterocycles. The molecule has 0 saturated carbocycles. The van der Waals surface area contributed by atoms with Crippen LogP contribution in [0.4, 0.5) is 5.69 Å². The van der Waals surface area contributed by atoms with Gasteiger partial charge in [0.1, 0.15) is 0 Å². The molecule has 0 spiro atoms. The molecule has 0 unspecified atom stereocenters.